The Labute approximate surface area is 188 Å². The molecule has 0 amide bonds. The van der Waals surface area contributed by atoms with Crippen molar-refractivity contribution >= 4 is 0 Å². The Bertz CT molecular complexity index is 706. The van der Waals surface area contributed by atoms with Crippen molar-refractivity contribution in [3.05, 3.63) is 35.5 Å². The molecule has 3 fully saturated rings. The number of hydrogen-bond donors (Lipinski definition) is 4. The second kappa shape index (κ2) is 9.91. The Morgan fingerprint density at radius 1 is 1.23 bits per heavy atom. The van der Waals surface area contributed by atoms with Crippen LogP contribution >= 0.6 is 0 Å². The third kappa shape index (κ3) is 5.52. The van der Waals surface area contributed by atoms with Crippen LogP contribution in [0.25, 0.3) is 0 Å². The highest BCUT2D eigenvalue weighted by atomic mass is 16.3. The molecule has 31 heavy (non-hydrogen) atoms. The predicted octanol–water partition coefficient (Wildman–Crippen LogP) is 4.68. The third-order valence-electron chi connectivity index (χ3n) is 8.54. The first-order valence-electron chi connectivity index (χ1n) is 12.3. The molecule has 7 atom stereocenters. The van der Waals surface area contributed by atoms with Gasteiger partial charge in [0.2, 0.25) is 0 Å². The summed E-state index contributed by atoms with van der Waals surface area (Å²) in [5.41, 5.74) is 2.93. The van der Waals surface area contributed by atoms with Crippen molar-refractivity contribution in [1.29, 1.82) is 0 Å². The highest BCUT2D eigenvalue weighted by Crippen LogP contribution is 2.60. The van der Waals surface area contributed by atoms with Crippen molar-refractivity contribution in [2.45, 2.75) is 103 Å². The van der Waals surface area contributed by atoms with Crippen LogP contribution in [-0.4, -0.2) is 44.8 Å². The van der Waals surface area contributed by atoms with Gasteiger partial charge in [0.15, 0.2) is 0 Å². The van der Waals surface area contributed by atoms with Crippen molar-refractivity contribution < 1.29 is 20.4 Å². The van der Waals surface area contributed by atoms with Gasteiger partial charge in [0, 0.05) is 13.0 Å². The van der Waals surface area contributed by atoms with Gasteiger partial charge >= 0.3 is 0 Å². The van der Waals surface area contributed by atoms with E-state index >= 15 is 0 Å². The Kier molecular flexibility index (Phi) is 7.89. The van der Waals surface area contributed by atoms with Crippen molar-refractivity contribution in [2.75, 3.05) is 6.61 Å². The first kappa shape index (κ1) is 24.7. The standard InChI is InChI=1S/C27H44O4/c1-18(17-28)14-23(30)16-27(4,31)25-12-11-24-20(6-5-13-26(24,25)3)8-9-21-15-22(29)10-7-19(21)2/h8-9,18,22-25,28-31H,2,5-7,10-17H2,1,3-4H3/b20-8+,21-9-/t18?,22-,23?,24-,25-,26-,27-/m0/s1. The summed E-state index contributed by atoms with van der Waals surface area (Å²) in [5.74, 6) is 0.666. The molecule has 0 bridgehead atoms. The molecule has 4 nitrogen and oxygen atoms in total. The fraction of sp³-hybridized carbons (Fsp3) is 0.778. The van der Waals surface area contributed by atoms with Crippen molar-refractivity contribution in [1.82, 2.24) is 0 Å². The molecule has 0 aliphatic heterocycles. The Morgan fingerprint density at radius 3 is 2.68 bits per heavy atom. The van der Waals surface area contributed by atoms with Gasteiger partial charge in [-0.05, 0) is 93.5 Å². The average molecular weight is 433 g/mol. The molecule has 0 saturated heterocycles. The van der Waals surface area contributed by atoms with Crippen LogP contribution in [-0.2, 0) is 0 Å². The van der Waals surface area contributed by atoms with E-state index < -0.39 is 11.7 Å². The molecular weight excluding hydrogens is 388 g/mol. The first-order valence-corrected chi connectivity index (χ1v) is 12.3. The van der Waals surface area contributed by atoms with Gasteiger partial charge in [-0.2, -0.15) is 0 Å². The molecule has 2 unspecified atom stereocenters. The molecule has 0 radical (unpaired) electrons. The van der Waals surface area contributed by atoms with E-state index in [0.717, 1.165) is 50.5 Å². The van der Waals surface area contributed by atoms with E-state index in [0.29, 0.717) is 25.2 Å². The summed E-state index contributed by atoms with van der Waals surface area (Å²) >= 11 is 0. The Morgan fingerprint density at radius 2 is 1.97 bits per heavy atom. The lowest BCUT2D eigenvalue weighted by Crippen LogP contribution is -2.47. The highest BCUT2D eigenvalue weighted by molar-refractivity contribution is 5.36. The third-order valence-corrected chi connectivity index (χ3v) is 8.54. The second-order valence-corrected chi connectivity index (χ2v) is 11.2. The molecule has 4 N–H and O–H groups in total. The van der Waals surface area contributed by atoms with E-state index in [9.17, 15) is 20.4 Å². The maximum atomic E-state index is 11.5. The van der Waals surface area contributed by atoms with Gasteiger partial charge in [0.1, 0.15) is 0 Å². The fourth-order valence-electron chi connectivity index (χ4n) is 6.90. The van der Waals surface area contributed by atoms with Crippen molar-refractivity contribution in [2.24, 2.45) is 23.2 Å². The smallest absolute Gasteiger partial charge is 0.0677 e. The second-order valence-electron chi connectivity index (χ2n) is 11.2. The largest absolute Gasteiger partial charge is 0.396 e. The molecule has 0 aromatic rings. The van der Waals surface area contributed by atoms with E-state index in [1.165, 1.54) is 11.1 Å². The number of aliphatic hydroxyl groups is 4. The topological polar surface area (TPSA) is 80.9 Å². The lowest BCUT2D eigenvalue weighted by atomic mass is 9.59. The molecule has 0 spiro atoms. The minimum absolute atomic E-state index is 0.0392. The molecule has 0 aromatic heterocycles. The summed E-state index contributed by atoms with van der Waals surface area (Å²) < 4.78 is 0. The fourth-order valence-corrected chi connectivity index (χ4v) is 6.90. The molecule has 3 rings (SSSR count). The summed E-state index contributed by atoms with van der Waals surface area (Å²) in [6.45, 7) is 10.4. The van der Waals surface area contributed by atoms with Crippen molar-refractivity contribution in [3.63, 3.8) is 0 Å². The van der Waals surface area contributed by atoms with Gasteiger partial charge in [-0.1, -0.05) is 43.7 Å². The number of allylic oxidation sites excluding steroid dienone is 4. The molecule has 3 aliphatic carbocycles. The number of aliphatic hydroxyl groups excluding tert-OH is 3. The normalized spacial score (nSPS) is 38.2. The summed E-state index contributed by atoms with van der Waals surface area (Å²) in [5, 5.41) is 41.3. The maximum absolute atomic E-state index is 11.5. The molecule has 3 aliphatic rings. The zero-order valence-electron chi connectivity index (χ0n) is 19.8. The number of rotatable bonds is 7. The van der Waals surface area contributed by atoms with Crippen LogP contribution in [0.5, 0.6) is 0 Å². The first-order chi connectivity index (χ1) is 14.6. The monoisotopic (exact) mass is 432 g/mol. The average Bonchev–Trinajstić information content (AvgIpc) is 3.06. The Hall–Kier alpha value is -0.940. The van der Waals surface area contributed by atoms with Gasteiger partial charge in [-0.25, -0.2) is 0 Å². The zero-order valence-corrected chi connectivity index (χ0v) is 19.8. The molecule has 176 valence electrons. The molecule has 0 heterocycles. The van der Waals surface area contributed by atoms with Gasteiger partial charge in [0.25, 0.3) is 0 Å². The van der Waals surface area contributed by atoms with Crippen LogP contribution < -0.4 is 0 Å². The summed E-state index contributed by atoms with van der Waals surface area (Å²) in [7, 11) is 0. The maximum Gasteiger partial charge on any atom is 0.0677 e. The van der Waals surface area contributed by atoms with Gasteiger partial charge in [0.05, 0.1) is 17.8 Å². The molecule has 3 saturated carbocycles. The number of fused-ring (bicyclic) bond motifs is 1. The zero-order chi connectivity index (χ0) is 22.8. The number of hydrogen-bond acceptors (Lipinski definition) is 4. The van der Waals surface area contributed by atoms with E-state index in [2.05, 4.69) is 25.7 Å². The quantitative estimate of drug-likeness (QED) is 0.471. The van der Waals surface area contributed by atoms with Crippen LogP contribution in [0.3, 0.4) is 0 Å². The van der Waals surface area contributed by atoms with E-state index in [4.69, 9.17) is 0 Å². The lowest BCUT2D eigenvalue weighted by Gasteiger charge is -2.47. The van der Waals surface area contributed by atoms with Crippen LogP contribution in [0.2, 0.25) is 0 Å². The van der Waals surface area contributed by atoms with Crippen LogP contribution in [0.15, 0.2) is 35.5 Å². The van der Waals surface area contributed by atoms with Gasteiger partial charge < -0.3 is 20.4 Å². The Balaban J connectivity index is 1.75. The minimum Gasteiger partial charge on any atom is -0.396 e. The summed E-state index contributed by atoms with van der Waals surface area (Å²) in [6, 6.07) is 0. The minimum atomic E-state index is -0.916. The summed E-state index contributed by atoms with van der Waals surface area (Å²) in [4.78, 5) is 0. The van der Waals surface area contributed by atoms with Gasteiger partial charge in [-0.15, -0.1) is 0 Å². The molecule has 0 aromatic carbocycles. The lowest BCUT2D eigenvalue weighted by molar-refractivity contribution is -0.0876. The van der Waals surface area contributed by atoms with Crippen molar-refractivity contribution in [3.8, 4) is 0 Å². The van der Waals surface area contributed by atoms with E-state index in [1.807, 2.05) is 13.8 Å². The summed E-state index contributed by atoms with van der Waals surface area (Å²) in [6.07, 6.45) is 12.3. The molecule has 4 heteroatoms. The van der Waals surface area contributed by atoms with Crippen LogP contribution in [0.4, 0.5) is 0 Å². The highest BCUT2D eigenvalue weighted by Gasteiger charge is 2.55. The van der Waals surface area contributed by atoms with E-state index in [1.54, 1.807) is 0 Å². The van der Waals surface area contributed by atoms with Gasteiger partial charge in [-0.3, -0.25) is 0 Å². The SMILES string of the molecule is C=C1CC[C@H](O)C/C1=C/C=C1\CCC[C@@]2(C)[C@H]1CC[C@@H]2[C@@](C)(O)CC(O)CC(C)CO. The van der Waals surface area contributed by atoms with Crippen LogP contribution in [0, 0.1) is 23.2 Å². The molecular formula is C27H44O4. The van der Waals surface area contributed by atoms with E-state index in [-0.39, 0.29) is 30.0 Å². The predicted molar refractivity (Wildman–Crippen MR) is 125 cm³/mol. The van der Waals surface area contributed by atoms with Crippen LogP contribution in [0.1, 0.15) is 85.0 Å².